The van der Waals surface area contributed by atoms with Crippen LogP contribution in [0.1, 0.15) is 18.5 Å². The molecule has 1 atom stereocenters. The molecule has 1 aliphatic heterocycles. The SMILES string of the molecule is N#Cc1nccnc1N1CCCC(COc2ccncc2)C1. The Morgan fingerprint density at radius 1 is 1.23 bits per heavy atom. The van der Waals surface area contributed by atoms with Gasteiger partial charge in [-0.2, -0.15) is 5.26 Å². The van der Waals surface area contributed by atoms with Crippen LogP contribution in [0.4, 0.5) is 5.82 Å². The molecule has 2 aromatic rings. The van der Waals surface area contributed by atoms with E-state index in [0.717, 1.165) is 31.7 Å². The van der Waals surface area contributed by atoms with Crippen molar-refractivity contribution in [1.82, 2.24) is 15.0 Å². The zero-order valence-corrected chi connectivity index (χ0v) is 12.2. The molecule has 3 rings (SSSR count). The Labute approximate surface area is 129 Å². The van der Waals surface area contributed by atoms with Crippen LogP contribution in [0.5, 0.6) is 5.75 Å². The Morgan fingerprint density at radius 3 is 2.86 bits per heavy atom. The highest BCUT2D eigenvalue weighted by atomic mass is 16.5. The van der Waals surface area contributed by atoms with Crippen LogP contribution in [0.3, 0.4) is 0 Å². The summed E-state index contributed by atoms with van der Waals surface area (Å²) in [6, 6.07) is 5.83. The van der Waals surface area contributed by atoms with Crippen LogP contribution in [0.25, 0.3) is 0 Å². The molecule has 2 aromatic heterocycles. The summed E-state index contributed by atoms with van der Waals surface area (Å²) in [4.78, 5) is 14.5. The molecule has 0 spiro atoms. The highest BCUT2D eigenvalue weighted by Gasteiger charge is 2.23. The number of nitriles is 1. The van der Waals surface area contributed by atoms with Gasteiger partial charge in [0.05, 0.1) is 6.61 Å². The quantitative estimate of drug-likeness (QED) is 0.859. The zero-order valence-electron chi connectivity index (χ0n) is 12.2. The summed E-state index contributed by atoms with van der Waals surface area (Å²) in [6.07, 6.45) is 8.81. The Balaban J connectivity index is 1.63. The van der Waals surface area contributed by atoms with Crippen molar-refractivity contribution >= 4 is 5.82 Å². The number of nitrogens with zero attached hydrogens (tertiary/aromatic N) is 5. The minimum Gasteiger partial charge on any atom is -0.493 e. The van der Waals surface area contributed by atoms with E-state index in [1.807, 2.05) is 12.1 Å². The van der Waals surface area contributed by atoms with Gasteiger partial charge >= 0.3 is 0 Å². The van der Waals surface area contributed by atoms with Crippen LogP contribution >= 0.6 is 0 Å². The van der Waals surface area contributed by atoms with Crippen molar-refractivity contribution in [3.05, 3.63) is 42.6 Å². The third kappa shape index (κ3) is 3.31. The van der Waals surface area contributed by atoms with Crippen molar-refractivity contribution < 1.29 is 4.74 Å². The van der Waals surface area contributed by atoms with Gasteiger partial charge in [-0.15, -0.1) is 0 Å². The van der Waals surface area contributed by atoms with Crippen LogP contribution in [0.2, 0.25) is 0 Å². The van der Waals surface area contributed by atoms with Crippen molar-refractivity contribution in [3.8, 4) is 11.8 Å². The maximum absolute atomic E-state index is 9.16. The van der Waals surface area contributed by atoms with Crippen molar-refractivity contribution in [2.45, 2.75) is 12.8 Å². The van der Waals surface area contributed by atoms with Gasteiger partial charge in [0.15, 0.2) is 11.5 Å². The van der Waals surface area contributed by atoms with E-state index in [0.29, 0.717) is 24.0 Å². The van der Waals surface area contributed by atoms with Crippen LogP contribution in [-0.4, -0.2) is 34.6 Å². The minimum atomic E-state index is 0.387. The molecule has 0 aromatic carbocycles. The van der Waals surface area contributed by atoms with Gasteiger partial charge in [-0.1, -0.05) is 0 Å². The molecule has 1 fully saturated rings. The van der Waals surface area contributed by atoms with Crippen LogP contribution in [0.15, 0.2) is 36.9 Å². The lowest BCUT2D eigenvalue weighted by Gasteiger charge is -2.33. The summed E-state index contributed by atoms with van der Waals surface area (Å²) in [6.45, 7) is 2.39. The molecule has 0 bridgehead atoms. The van der Waals surface area contributed by atoms with Gasteiger partial charge in [0.2, 0.25) is 0 Å². The minimum absolute atomic E-state index is 0.387. The van der Waals surface area contributed by atoms with E-state index >= 15 is 0 Å². The van der Waals surface area contributed by atoms with Crippen LogP contribution in [-0.2, 0) is 0 Å². The molecular formula is C16H17N5O. The number of rotatable bonds is 4. The first-order valence-electron chi connectivity index (χ1n) is 7.35. The van der Waals surface area contributed by atoms with Crippen molar-refractivity contribution in [2.75, 3.05) is 24.6 Å². The average Bonchev–Trinajstić information content (AvgIpc) is 2.61. The lowest BCUT2D eigenvalue weighted by molar-refractivity contribution is 0.228. The van der Waals surface area contributed by atoms with Gasteiger partial charge in [-0.05, 0) is 25.0 Å². The zero-order chi connectivity index (χ0) is 15.2. The molecule has 0 aliphatic carbocycles. The molecule has 112 valence electrons. The largest absolute Gasteiger partial charge is 0.493 e. The van der Waals surface area contributed by atoms with E-state index in [-0.39, 0.29) is 0 Å². The van der Waals surface area contributed by atoms with E-state index in [1.165, 1.54) is 0 Å². The Morgan fingerprint density at radius 2 is 2.05 bits per heavy atom. The second-order valence-electron chi connectivity index (χ2n) is 5.29. The molecule has 0 radical (unpaired) electrons. The van der Waals surface area contributed by atoms with E-state index < -0.39 is 0 Å². The first kappa shape index (κ1) is 14.3. The number of anilines is 1. The maximum Gasteiger partial charge on any atom is 0.183 e. The van der Waals surface area contributed by atoms with Gasteiger partial charge in [0.25, 0.3) is 0 Å². The van der Waals surface area contributed by atoms with Gasteiger partial charge in [0, 0.05) is 43.8 Å². The molecule has 6 nitrogen and oxygen atoms in total. The Bertz CT molecular complexity index is 655. The van der Waals surface area contributed by atoms with Crippen LogP contribution in [0, 0.1) is 17.2 Å². The lowest BCUT2D eigenvalue weighted by Crippen LogP contribution is -2.38. The number of hydrogen-bond acceptors (Lipinski definition) is 6. The second kappa shape index (κ2) is 6.85. The molecule has 1 unspecified atom stereocenters. The summed E-state index contributed by atoms with van der Waals surface area (Å²) in [5.41, 5.74) is 0.387. The third-order valence-corrected chi connectivity index (χ3v) is 3.74. The monoisotopic (exact) mass is 295 g/mol. The molecular weight excluding hydrogens is 278 g/mol. The molecule has 6 heteroatoms. The van der Waals surface area contributed by atoms with E-state index in [2.05, 4.69) is 25.9 Å². The molecule has 0 saturated carbocycles. The van der Waals surface area contributed by atoms with Crippen molar-refractivity contribution in [1.29, 1.82) is 5.26 Å². The standard InChI is InChI=1S/C16H17N5O/c17-10-15-16(20-8-7-19-15)21-9-1-2-13(11-21)12-22-14-3-5-18-6-4-14/h3-8,13H,1-2,9,11-12H2. The number of hydrogen-bond donors (Lipinski definition) is 0. The molecule has 1 aliphatic rings. The summed E-state index contributed by atoms with van der Waals surface area (Å²) in [5.74, 6) is 1.93. The fourth-order valence-corrected chi connectivity index (χ4v) is 2.68. The van der Waals surface area contributed by atoms with Gasteiger partial charge in [-0.3, -0.25) is 4.98 Å². The summed E-state index contributed by atoms with van der Waals surface area (Å²) in [7, 11) is 0. The van der Waals surface area contributed by atoms with Gasteiger partial charge in [0.1, 0.15) is 11.8 Å². The number of aromatic nitrogens is 3. The predicted octanol–water partition coefficient (Wildman–Crippen LogP) is 2.04. The molecule has 1 saturated heterocycles. The fourth-order valence-electron chi connectivity index (χ4n) is 2.68. The van der Waals surface area contributed by atoms with E-state index in [4.69, 9.17) is 10.00 Å². The third-order valence-electron chi connectivity index (χ3n) is 3.74. The first-order valence-corrected chi connectivity index (χ1v) is 7.35. The fraction of sp³-hybridized carbons (Fsp3) is 0.375. The molecule has 0 amide bonds. The summed E-state index contributed by atoms with van der Waals surface area (Å²) >= 11 is 0. The summed E-state index contributed by atoms with van der Waals surface area (Å²) in [5, 5.41) is 9.16. The Hall–Kier alpha value is -2.68. The molecule has 22 heavy (non-hydrogen) atoms. The maximum atomic E-state index is 9.16. The average molecular weight is 295 g/mol. The van der Waals surface area contributed by atoms with E-state index in [1.54, 1.807) is 24.8 Å². The summed E-state index contributed by atoms with van der Waals surface area (Å²) < 4.78 is 5.82. The van der Waals surface area contributed by atoms with Crippen molar-refractivity contribution in [2.24, 2.45) is 5.92 Å². The molecule has 3 heterocycles. The Kier molecular flexibility index (Phi) is 4.44. The van der Waals surface area contributed by atoms with Gasteiger partial charge < -0.3 is 9.64 Å². The first-order chi connectivity index (χ1) is 10.9. The van der Waals surface area contributed by atoms with Gasteiger partial charge in [-0.25, -0.2) is 9.97 Å². The molecule has 0 N–H and O–H groups in total. The number of ether oxygens (including phenoxy) is 1. The number of pyridine rings is 1. The second-order valence-corrected chi connectivity index (χ2v) is 5.29. The van der Waals surface area contributed by atoms with E-state index in [9.17, 15) is 0 Å². The normalized spacial score (nSPS) is 17.8. The van der Waals surface area contributed by atoms with Crippen molar-refractivity contribution in [3.63, 3.8) is 0 Å². The smallest absolute Gasteiger partial charge is 0.183 e. The van der Waals surface area contributed by atoms with Crippen LogP contribution < -0.4 is 9.64 Å². The highest BCUT2D eigenvalue weighted by Crippen LogP contribution is 2.23. The lowest BCUT2D eigenvalue weighted by atomic mass is 9.99. The predicted molar refractivity (Wildman–Crippen MR) is 81.4 cm³/mol. The topological polar surface area (TPSA) is 74.9 Å². The highest BCUT2D eigenvalue weighted by molar-refractivity contribution is 5.49. The number of piperidine rings is 1.